The monoisotopic (exact) mass is 244 g/mol. The molecule has 0 bridgehead atoms. The second kappa shape index (κ2) is 4.78. The van der Waals surface area contributed by atoms with E-state index in [1.165, 1.54) is 6.92 Å². The van der Waals surface area contributed by atoms with Crippen LogP contribution in [-0.2, 0) is 27.6 Å². The van der Waals surface area contributed by atoms with Crippen LogP contribution in [0.4, 0.5) is 0 Å². The van der Waals surface area contributed by atoms with Gasteiger partial charge in [0.05, 0.1) is 6.42 Å². The van der Waals surface area contributed by atoms with Gasteiger partial charge >= 0.3 is 0 Å². The molecule has 0 aliphatic carbocycles. The van der Waals surface area contributed by atoms with E-state index < -0.39 is 15.1 Å². The van der Waals surface area contributed by atoms with Gasteiger partial charge in [-0.15, -0.1) is 0 Å². The van der Waals surface area contributed by atoms with Crippen LogP contribution in [-0.4, -0.2) is 35.3 Å². The smallest absolute Gasteiger partial charge is 0.158 e. The summed E-state index contributed by atoms with van der Waals surface area (Å²) in [6.45, 7) is 4.07. The first-order valence-corrected chi connectivity index (χ1v) is 7.03. The quantitative estimate of drug-likeness (QED) is 0.754. The number of Topliss-reactive ketones (excluding diaryl/α,β-unsaturated/α-hetero) is 1. The summed E-state index contributed by atoms with van der Waals surface area (Å²) in [4.78, 5) is 15.7. The van der Waals surface area contributed by atoms with Gasteiger partial charge in [0.1, 0.15) is 11.1 Å². The van der Waals surface area contributed by atoms with Crippen LogP contribution < -0.4 is 0 Å². The summed E-state index contributed by atoms with van der Waals surface area (Å²) in [5.74, 6) is 0.298. The third-order valence-electron chi connectivity index (χ3n) is 2.57. The third-order valence-corrected chi connectivity index (χ3v) is 4.12. The summed E-state index contributed by atoms with van der Waals surface area (Å²) in [5.41, 5.74) is 0. The number of aromatic nitrogens is 2. The summed E-state index contributed by atoms with van der Waals surface area (Å²) in [7, 11) is -3.31. The summed E-state index contributed by atoms with van der Waals surface area (Å²) >= 11 is 0. The molecule has 1 rings (SSSR count). The van der Waals surface area contributed by atoms with E-state index in [4.69, 9.17) is 0 Å². The van der Waals surface area contributed by atoms with Gasteiger partial charge in [0.2, 0.25) is 0 Å². The Morgan fingerprint density at radius 1 is 1.56 bits per heavy atom. The standard InChI is InChI=1S/C10H16N2O3S/c1-4-12-6-5-11-10(12)7-9(13)8(2)16(3,14)15/h5-6,8H,4,7H2,1-3H3. The van der Waals surface area contributed by atoms with E-state index in [0.717, 1.165) is 12.8 Å². The number of nitrogens with zero attached hydrogens (tertiary/aromatic N) is 2. The zero-order valence-electron chi connectivity index (χ0n) is 9.67. The van der Waals surface area contributed by atoms with Gasteiger partial charge in [0.25, 0.3) is 0 Å². The lowest BCUT2D eigenvalue weighted by Gasteiger charge is -2.08. The zero-order chi connectivity index (χ0) is 12.3. The Hall–Kier alpha value is -1.17. The molecule has 0 aromatic carbocycles. The van der Waals surface area contributed by atoms with Gasteiger partial charge in [-0.05, 0) is 13.8 Å². The van der Waals surface area contributed by atoms with E-state index in [9.17, 15) is 13.2 Å². The van der Waals surface area contributed by atoms with Crippen molar-refractivity contribution in [3.05, 3.63) is 18.2 Å². The van der Waals surface area contributed by atoms with E-state index in [-0.39, 0.29) is 12.2 Å². The van der Waals surface area contributed by atoms with Gasteiger partial charge in [0, 0.05) is 25.2 Å². The number of hydrogen-bond acceptors (Lipinski definition) is 4. The Morgan fingerprint density at radius 2 is 2.19 bits per heavy atom. The van der Waals surface area contributed by atoms with Crippen LogP contribution >= 0.6 is 0 Å². The molecule has 1 aromatic heterocycles. The minimum Gasteiger partial charge on any atom is -0.335 e. The third kappa shape index (κ3) is 2.91. The average Bonchev–Trinajstić information content (AvgIpc) is 2.62. The summed E-state index contributed by atoms with van der Waals surface area (Å²) in [6.07, 6.45) is 4.52. The fourth-order valence-electron chi connectivity index (χ4n) is 1.33. The first-order valence-electron chi connectivity index (χ1n) is 5.07. The lowest BCUT2D eigenvalue weighted by molar-refractivity contribution is -0.117. The molecule has 1 unspecified atom stereocenters. The van der Waals surface area contributed by atoms with Crippen molar-refractivity contribution in [1.82, 2.24) is 9.55 Å². The van der Waals surface area contributed by atoms with Gasteiger partial charge in [0.15, 0.2) is 15.6 Å². The highest BCUT2D eigenvalue weighted by molar-refractivity contribution is 7.92. The second-order valence-corrected chi connectivity index (χ2v) is 6.11. The number of ketones is 1. The molecule has 1 atom stereocenters. The van der Waals surface area contributed by atoms with Crippen molar-refractivity contribution in [1.29, 1.82) is 0 Å². The molecule has 0 N–H and O–H groups in total. The van der Waals surface area contributed by atoms with Crippen LogP contribution in [0.2, 0.25) is 0 Å². The number of hydrogen-bond donors (Lipinski definition) is 0. The average molecular weight is 244 g/mol. The fraction of sp³-hybridized carbons (Fsp3) is 0.600. The molecule has 0 saturated carbocycles. The van der Waals surface area contributed by atoms with Crippen molar-refractivity contribution in [3.8, 4) is 0 Å². The highest BCUT2D eigenvalue weighted by Gasteiger charge is 2.24. The van der Waals surface area contributed by atoms with E-state index in [0.29, 0.717) is 5.82 Å². The van der Waals surface area contributed by atoms with Crippen molar-refractivity contribution in [3.63, 3.8) is 0 Å². The molecule has 0 radical (unpaired) electrons. The fourth-order valence-corrected chi connectivity index (χ4v) is 1.89. The predicted octanol–water partition coefficient (Wildman–Crippen LogP) is 0.448. The van der Waals surface area contributed by atoms with Crippen molar-refractivity contribution in [2.24, 2.45) is 0 Å². The van der Waals surface area contributed by atoms with Gasteiger partial charge in [-0.25, -0.2) is 13.4 Å². The molecular formula is C10H16N2O3S. The lowest BCUT2D eigenvalue weighted by Crippen LogP contribution is -2.28. The molecule has 0 aliphatic rings. The highest BCUT2D eigenvalue weighted by Crippen LogP contribution is 2.06. The zero-order valence-corrected chi connectivity index (χ0v) is 10.5. The Morgan fingerprint density at radius 3 is 2.69 bits per heavy atom. The largest absolute Gasteiger partial charge is 0.335 e. The Balaban J connectivity index is 2.80. The van der Waals surface area contributed by atoms with E-state index in [1.807, 2.05) is 11.5 Å². The molecular weight excluding hydrogens is 228 g/mol. The molecule has 6 heteroatoms. The summed E-state index contributed by atoms with van der Waals surface area (Å²) in [6, 6.07) is 0. The van der Waals surface area contributed by atoms with Gasteiger partial charge < -0.3 is 4.57 Å². The van der Waals surface area contributed by atoms with Crippen molar-refractivity contribution in [2.45, 2.75) is 32.1 Å². The van der Waals surface area contributed by atoms with Crippen LogP contribution in [0.3, 0.4) is 0 Å². The molecule has 0 fully saturated rings. The predicted molar refractivity (Wildman–Crippen MR) is 60.9 cm³/mol. The minimum atomic E-state index is -3.31. The van der Waals surface area contributed by atoms with Crippen LogP contribution in [0.25, 0.3) is 0 Å². The lowest BCUT2D eigenvalue weighted by atomic mass is 10.2. The maximum Gasteiger partial charge on any atom is 0.158 e. The maximum atomic E-state index is 11.7. The van der Waals surface area contributed by atoms with Crippen LogP contribution in [0.1, 0.15) is 19.7 Å². The van der Waals surface area contributed by atoms with E-state index in [2.05, 4.69) is 4.98 Å². The molecule has 0 spiro atoms. The van der Waals surface area contributed by atoms with Crippen LogP contribution in [0.5, 0.6) is 0 Å². The van der Waals surface area contributed by atoms with Gasteiger partial charge in [-0.1, -0.05) is 0 Å². The normalized spacial score (nSPS) is 13.7. The highest BCUT2D eigenvalue weighted by atomic mass is 32.2. The number of carbonyl (C=O) groups excluding carboxylic acids is 1. The number of aryl methyl sites for hydroxylation is 1. The number of imidazole rings is 1. The van der Waals surface area contributed by atoms with Crippen LogP contribution in [0.15, 0.2) is 12.4 Å². The number of sulfone groups is 1. The molecule has 0 aliphatic heterocycles. The first kappa shape index (κ1) is 12.9. The van der Waals surface area contributed by atoms with E-state index >= 15 is 0 Å². The Bertz CT molecular complexity index is 476. The molecule has 16 heavy (non-hydrogen) atoms. The second-order valence-electron chi connectivity index (χ2n) is 3.74. The molecule has 90 valence electrons. The van der Waals surface area contributed by atoms with E-state index in [1.54, 1.807) is 12.4 Å². The van der Waals surface area contributed by atoms with Gasteiger partial charge in [-0.2, -0.15) is 0 Å². The van der Waals surface area contributed by atoms with Gasteiger partial charge in [-0.3, -0.25) is 4.79 Å². The molecule has 1 aromatic rings. The summed E-state index contributed by atoms with van der Waals surface area (Å²) < 4.78 is 24.2. The molecule has 0 amide bonds. The molecule has 0 saturated heterocycles. The van der Waals surface area contributed by atoms with Crippen molar-refractivity contribution >= 4 is 15.6 Å². The molecule has 5 nitrogen and oxygen atoms in total. The SMILES string of the molecule is CCn1ccnc1CC(=O)C(C)S(C)(=O)=O. The molecule has 1 heterocycles. The Kier molecular flexibility index (Phi) is 3.85. The Labute approximate surface area is 95.4 Å². The van der Waals surface area contributed by atoms with Crippen LogP contribution in [0, 0.1) is 0 Å². The minimum absolute atomic E-state index is 0.0646. The number of rotatable bonds is 5. The van der Waals surface area contributed by atoms with Crippen molar-refractivity contribution < 1.29 is 13.2 Å². The topological polar surface area (TPSA) is 69.0 Å². The first-order chi connectivity index (χ1) is 7.36. The number of carbonyl (C=O) groups is 1. The maximum absolute atomic E-state index is 11.7. The summed E-state index contributed by atoms with van der Waals surface area (Å²) in [5, 5.41) is -0.963. The van der Waals surface area contributed by atoms with Crippen molar-refractivity contribution in [2.75, 3.05) is 6.26 Å².